The first kappa shape index (κ1) is 14.5. The van der Waals surface area contributed by atoms with Crippen molar-refractivity contribution < 1.29 is 0 Å². The van der Waals surface area contributed by atoms with Gasteiger partial charge in [-0.1, -0.05) is 6.42 Å². The van der Waals surface area contributed by atoms with Gasteiger partial charge < -0.3 is 11.1 Å². The van der Waals surface area contributed by atoms with Crippen molar-refractivity contribution in [2.45, 2.75) is 44.6 Å². The minimum Gasteiger partial charge on any atom is -0.328 e. The topological polar surface area (TPSA) is 38.0 Å². The highest BCUT2D eigenvalue weighted by Crippen LogP contribution is 2.42. The SMILES string of the molecule is Cl.Cl.N[C@@H]1CCCC2(CCNCC2)C1. The van der Waals surface area contributed by atoms with Gasteiger partial charge in [-0.3, -0.25) is 0 Å². The second-order valence-electron chi connectivity index (χ2n) is 4.61. The van der Waals surface area contributed by atoms with Crippen LogP contribution in [0.2, 0.25) is 0 Å². The van der Waals surface area contributed by atoms with Crippen molar-refractivity contribution in [3.05, 3.63) is 0 Å². The summed E-state index contributed by atoms with van der Waals surface area (Å²) in [4.78, 5) is 0. The summed E-state index contributed by atoms with van der Waals surface area (Å²) in [5, 5.41) is 3.43. The fourth-order valence-electron chi connectivity index (χ4n) is 2.91. The van der Waals surface area contributed by atoms with Gasteiger partial charge in [0.1, 0.15) is 0 Å². The average molecular weight is 241 g/mol. The molecule has 2 aliphatic rings. The Bertz CT molecular complexity index is 153. The number of rotatable bonds is 0. The van der Waals surface area contributed by atoms with Crippen LogP contribution in [-0.4, -0.2) is 19.1 Å². The Labute approximate surface area is 99.2 Å². The van der Waals surface area contributed by atoms with Crippen molar-refractivity contribution in [3.63, 3.8) is 0 Å². The first-order valence-electron chi connectivity index (χ1n) is 5.27. The Morgan fingerprint density at radius 1 is 1.07 bits per heavy atom. The molecular weight excluding hydrogens is 219 g/mol. The molecule has 2 nitrogen and oxygen atoms in total. The minimum absolute atomic E-state index is 0. The van der Waals surface area contributed by atoms with Gasteiger partial charge in [-0.05, 0) is 50.6 Å². The van der Waals surface area contributed by atoms with Gasteiger partial charge in [0.25, 0.3) is 0 Å². The van der Waals surface area contributed by atoms with E-state index in [9.17, 15) is 0 Å². The molecule has 0 radical (unpaired) electrons. The third-order valence-corrected chi connectivity index (χ3v) is 3.64. The number of hydrogen-bond acceptors (Lipinski definition) is 2. The molecule has 1 spiro atoms. The zero-order valence-electron chi connectivity index (χ0n) is 8.63. The summed E-state index contributed by atoms with van der Waals surface area (Å²) in [7, 11) is 0. The number of nitrogens with two attached hydrogens (primary N) is 1. The normalized spacial score (nSPS) is 30.2. The van der Waals surface area contributed by atoms with E-state index in [0.29, 0.717) is 11.5 Å². The molecule has 0 aromatic rings. The lowest BCUT2D eigenvalue weighted by Gasteiger charge is -2.43. The van der Waals surface area contributed by atoms with E-state index in [2.05, 4.69) is 5.32 Å². The van der Waals surface area contributed by atoms with Crippen molar-refractivity contribution in [2.75, 3.05) is 13.1 Å². The molecule has 1 aliphatic heterocycles. The van der Waals surface area contributed by atoms with E-state index in [1.807, 2.05) is 0 Å². The van der Waals surface area contributed by atoms with Crippen LogP contribution < -0.4 is 11.1 Å². The number of nitrogens with one attached hydrogen (secondary N) is 1. The highest BCUT2D eigenvalue weighted by Gasteiger charge is 2.35. The summed E-state index contributed by atoms with van der Waals surface area (Å²) < 4.78 is 0. The molecule has 0 bridgehead atoms. The standard InChI is InChI=1S/C10H20N2.2ClH/c11-9-2-1-3-10(8-9)4-6-12-7-5-10;;/h9,12H,1-8,11H2;2*1H/t9-;;/m1../s1. The first-order chi connectivity index (χ1) is 5.81. The smallest absolute Gasteiger partial charge is 0.00441 e. The summed E-state index contributed by atoms with van der Waals surface area (Å²) in [5.74, 6) is 0. The second-order valence-corrected chi connectivity index (χ2v) is 4.61. The molecule has 0 unspecified atom stereocenters. The summed E-state index contributed by atoms with van der Waals surface area (Å²) >= 11 is 0. The fourth-order valence-corrected chi connectivity index (χ4v) is 2.91. The minimum atomic E-state index is 0. The van der Waals surface area contributed by atoms with Crippen LogP contribution >= 0.6 is 24.8 Å². The molecule has 86 valence electrons. The highest BCUT2D eigenvalue weighted by molar-refractivity contribution is 5.85. The third-order valence-electron chi connectivity index (χ3n) is 3.64. The Balaban J connectivity index is 0.000000845. The van der Waals surface area contributed by atoms with Gasteiger partial charge in [0.15, 0.2) is 0 Å². The molecule has 0 aromatic heterocycles. The molecule has 2 fully saturated rings. The van der Waals surface area contributed by atoms with Crippen LogP contribution in [0.25, 0.3) is 0 Å². The van der Waals surface area contributed by atoms with Crippen LogP contribution in [0.15, 0.2) is 0 Å². The van der Waals surface area contributed by atoms with E-state index in [1.165, 1.54) is 51.6 Å². The van der Waals surface area contributed by atoms with Gasteiger partial charge in [0.2, 0.25) is 0 Å². The van der Waals surface area contributed by atoms with Gasteiger partial charge in [-0.2, -0.15) is 0 Å². The molecule has 1 aliphatic carbocycles. The van der Waals surface area contributed by atoms with Gasteiger partial charge >= 0.3 is 0 Å². The predicted octanol–water partition coefficient (Wildman–Crippen LogP) is 2.10. The second kappa shape index (κ2) is 6.16. The monoisotopic (exact) mass is 240 g/mol. The molecule has 0 amide bonds. The Kier molecular flexibility index (Phi) is 6.38. The summed E-state index contributed by atoms with van der Waals surface area (Å²) in [6, 6.07) is 0.497. The van der Waals surface area contributed by atoms with Crippen molar-refractivity contribution in [3.8, 4) is 0 Å². The maximum Gasteiger partial charge on any atom is 0.00441 e. The molecule has 14 heavy (non-hydrogen) atoms. The Hall–Kier alpha value is 0.500. The van der Waals surface area contributed by atoms with Crippen LogP contribution in [0.5, 0.6) is 0 Å². The first-order valence-corrected chi connectivity index (χ1v) is 5.27. The summed E-state index contributed by atoms with van der Waals surface area (Å²) in [6.45, 7) is 2.43. The molecule has 0 aromatic carbocycles. The van der Waals surface area contributed by atoms with Crippen LogP contribution in [0.3, 0.4) is 0 Å². The maximum atomic E-state index is 6.02. The third kappa shape index (κ3) is 3.27. The van der Waals surface area contributed by atoms with E-state index >= 15 is 0 Å². The van der Waals surface area contributed by atoms with Gasteiger partial charge in [0, 0.05) is 6.04 Å². The molecule has 4 heteroatoms. The van der Waals surface area contributed by atoms with Gasteiger partial charge in [-0.15, -0.1) is 24.8 Å². The van der Waals surface area contributed by atoms with E-state index in [1.54, 1.807) is 0 Å². The number of halogens is 2. The zero-order valence-corrected chi connectivity index (χ0v) is 10.3. The average Bonchev–Trinajstić information content (AvgIpc) is 2.05. The fraction of sp³-hybridized carbons (Fsp3) is 1.00. The van der Waals surface area contributed by atoms with E-state index < -0.39 is 0 Å². The molecule has 1 saturated carbocycles. The molecule has 1 heterocycles. The molecule has 2 rings (SSSR count). The van der Waals surface area contributed by atoms with Crippen molar-refractivity contribution >= 4 is 24.8 Å². The zero-order chi connectivity index (χ0) is 8.44. The maximum absolute atomic E-state index is 6.02. The van der Waals surface area contributed by atoms with E-state index in [-0.39, 0.29) is 24.8 Å². The number of hydrogen-bond donors (Lipinski definition) is 2. The van der Waals surface area contributed by atoms with Gasteiger partial charge in [-0.25, -0.2) is 0 Å². The lowest BCUT2D eigenvalue weighted by Crippen LogP contribution is -2.43. The Morgan fingerprint density at radius 2 is 1.71 bits per heavy atom. The van der Waals surface area contributed by atoms with Crippen molar-refractivity contribution in [1.29, 1.82) is 0 Å². The van der Waals surface area contributed by atoms with E-state index in [4.69, 9.17) is 5.73 Å². The quantitative estimate of drug-likeness (QED) is 0.681. The lowest BCUT2D eigenvalue weighted by atomic mass is 9.67. The molecule has 1 saturated heterocycles. The molecule has 1 atom stereocenters. The largest absolute Gasteiger partial charge is 0.328 e. The van der Waals surface area contributed by atoms with Crippen LogP contribution in [0, 0.1) is 5.41 Å². The van der Waals surface area contributed by atoms with Crippen LogP contribution in [-0.2, 0) is 0 Å². The number of piperidine rings is 1. The van der Waals surface area contributed by atoms with E-state index in [0.717, 1.165) is 0 Å². The molecule has 3 N–H and O–H groups in total. The highest BCUT2D eigenvalue weighted by atomic mass is 35.5. The molecular formula is C10H22Cl2N2. The predicted molar refractivity (Wildman–Crippen MR) is 65.5 cm³/mol. The van der Waals surface area contributed by atoms with Gasteiger partial charge in [0.05, 0.1) is 0 Å². The Morgan fingerprint density at radius 3 is 2.29 bits per heavy atom. The van der Waals surface area contributed by atoms with Crippen LogP contribution in [0.1, 0.15) is 38.5 Å². The summed E-state index contributed by atoms with van der Waals surface area (Å²) in [5.41, 5.74) is 6.66. The lowest BCUT2D eigenvalue weighted by molar-refractivity contribution is 0.121. The van der Waals surface area contributed by atoms with Crippen molar-refractivity contribution in [2.24, 2.45) is 11.1 Å². The van der Waals surface area contributed by atoms with Crippen LogP contribution in [0.4, 0.5) is 0 Å². The summed E-state index contributed by atoms with van der Waals surface area (Å²) in [6.07, 6.45) is 8.06. The van der Waals surface area contributed by atoms with Crippen molar-refractivity contribution in [1.82, 2.24) is 5.32 Å².